The maximum absolute atomic E-state index is 12.5. The number of ether oxygens (including phenoxy) is 1. The van der Waals surface area contributed by atoms with Crippen molar-refractivity contribution in [3.8, 4) is 5.75 Å². The highest BCUT2D eigenvalue weighted by molar-refractivity contribution is 5.85. The molecule has 0 radical (unpaired) electrons. The van der Waals surface area contributed by atoms with Crippen molar-refractivity contribution in [1.29, 1.82) is 0 Å². The molecule has 10 nitrogen and oxygen atoms in total. The minimum atomic E-state index is -1.27. The van der Waals surface area contributed by atoms with Gasteiger partial charge in [-0.05, 0) is 31.0 Å². The molecule has 0 bridgehead atoms. The summed E-state index contributed by atoms with van der Waals surface area (Å²) in [6.07, 6.45) is 1.37. The number of carboxylic acids is 1. The molecule has 0 saturated carbocycles. The first-order chi connectivity index (χ1) is 13.3. The van der Waals surface area contributed by atoms with E-state index in [4.69, 9.17) is 15.6 Å². The molecule has 0 unspecified atom stereocenters. The number of carboxylic acid groups (broad SMARTS) is 1. The second-order valence-electron chi connectivity index (χ2n) is 6.52. The maximum atomic E-state index is 12.5. The summed E-state index contributed by atoms with van der Waals surface area (Å²) in [7, 11) is 0. The van der Waals surface area contributed by atoms with Crippen LogP contribution >= 0.6 is 0 Å². The highest BCUT2D eigenvalue weighted by atomic mass is 16.5. The summed E-state index contributed by atoms with van der Waals surface area (Å²) in [4.78, 5) is 50.9. The number of nitrogens with zero attached hydrogens (tertiary/aromatic N) is 2. The molecule has 0 spiro atoms. The zero-order valence-corrected chi connectivity index (χ0v) is 15.0. The zero-order valence-electron chi connectivity index (χ0n) is 15.0. The summed E-state index contributed by atoms with van der Waals surface area (Å²) >= 11 is 0. The van der Waals surface area contributed by atoms with Crippen LogP contribution < -0.4 is 21.3 Å². The number of primary amides is 1. The third-order valence-electron chi connectivity index (χ3n) is 4.47. The van der Waals surface area contributed by atoms with Crippen molar-refractivity contribution in [3.63, 3.8) is 0 Å². The van der Waals surface area contributed by atoms with Crippen LogP contribution in [0.1, 0.15) is 25.1 Å². The number of nitrogens with one attached hydrogen (secondary N) is 1. The Balaban J connectivity index is 1.66. The molecule has 4 N–H and O–H groups in total. The number of aliphatic carboxylic acids is 1. The fourth-order valence-corrected chi connectivity index (χ4v) is 3.08. The molecule has 0 aliphatic carbocycles. The SMILES string of the molecule is NC(=O)CC[C@@H](NC(=O)COc1ccc2nc3n(c(=O)c2c1)CCC3)C(=O)O. The molecule has 148 valence electrons. The van der Waals surface area contributed by atoms with Crippen molar-refractivity contribution < 1.29 is 24.2 Å². The molecular weight excluding hydrogens is 368 g/mol. The van der Waals surface area contributed by atoms with E-state index in [0.29, 0.717) is 23.2 Å². The molecule has 3 rings (SSSR count). The van der Waals surface area contributed by atoms with Crippen LogP contribution in [0.4, 0.5) is 0 Å². The number of hydrogen-bond acceptors (Lipinski definition) is 6. The topological polar surface area (TPSA) is 154 Å². The standard InChI is InChI=1S/C18H20N4O6/c19-14(23)6-5-13(18(26)27)21-16(24)9-28-10-3-4-12-11(8-10)17(25)22-7-1-2-15(22)20-12/h3-4,8,13H,1-2,5-7,9H2,(H2,19,23)(H,21,24)(H,26,27)/t13-/m1/s1. The maximum Gasteiger partial charge on any atom is 0.326 e. The lowest BCUT2D eigenvalue weighted by molar-refractivity contribution is -0.142. The largest absolute Gasteiger partial charge is 0.484 e. The molecule has 10 heteroatoms. The van der Waals surface area contributed by atoms with Crippen molar-refractivity contribution in [3.05, 3.63) is 34.4 Å². The molecule has 0 saturated heterocycles. The first-order valence-electron chi connectivity index (χ1n) is 8.82. The predicted molar refractivity (Wildman–Crippen MR) is 97.8 cm³/mol. The van der Waals surface area contributed by atoms with Crippen LogP contribution in [-0.2, 0) is 27.3 Å². The molecule has 1 aromatic carbocycles. The van der Waals surface area contributed by atoms with Gasteiger partial charge in [-0.3, -0.25) is 19.0 Å². The van der Waals surface area contributed by atoms with Crippen LogP contribution in [0, 0.1) is 0 Å². The van der Waals surface area contributed by atoms with Crippen molar-refractivity contribution in [2.45, 2.75) is 38.3 Å². The van der Waals surface area contributed by atoms with Gasteiger partial charge in [-0.25, -0.2) is 9.78 Å². The van der Waals surface area contributed by atoms with E-state index in [1.54, 1.807) is 16.7 Å². The number of aromatic nitrogens is 2. The van der Waals surface area contributed by atoms with Crippen LogP contribution in [0.3, 0.4) is 0 Å². The lowest BCUT2D eigenvalue weighted by atomic mass is 10.1. The number of nitrogens with two attached hydrogens (primary N) is 1. The molecular formula is C18H20N4O6. The number of fused-ring (bicyclic) bond motifs is 2. The zero-order chi connectivity index (χ0) is 20.3. The van der Waals surface area contributed by atoms with E-state index in [9.17, 15) is 19.2 Å². The number of aryl methyl sites for hydroxylation is 1. The van der Waals surface area contributed by atoms with Gasteiger partial charge in [0.05, 0.1) is 10.9 Å². The fraction of sp³-hybridized carbons (Fsp3) is 0.389. The molecule has 1 aromatic heterocycles. The summed E-state index contributed by atoms with van der Waals surface area (Å²) in [5.74, 6) is -1.53. The minimum Gasteiger partial charge on any atom is -0.484 e. The molecule has 1 aliphatic heterocycles. The Hall–Kier alpha value is -3.43. The number of carbonyl (C=O) groups is 3. The third kappa shape index (κ3) is 4.27. The number of hydrogen-bond donors (Lipinski definition) is 3. The van der Waals surface area contributed by atoms with Gasteiger partial charge in [0.2, 0.25) is 5.91 Å². The monoisotopic (exact) mass is 388 g/mol. The summed E-state index contributed by atoms with van der Waals surface area (Å²) in [5, 5.41) is 11.8. The molecule has 28 heavy (non-hydrogen) atoms. The Bertz CT molecular complexity index is 999. The van der Waals surface area contributed by atoms with Gasteiger partial charge in [0.1, 0.15) is 17.6 Å². The number of rotatable bonds is 8. The second-order valence-corrected chi connectivity index (χ2v) is 6.52. The molecule has 2 aromatic rings. The minimum absolute atomic E-state index is 0.111. The Kier molecular flexibility index (Phi) is 5.57. The first-order valence-corrected chi connectivity index (χ1v) is 8.82. The van der Waals surface area contributed by atoms with E-state index < -0.39 is 30.4 Å². The van der Waals surface area contributed by atoms with Gasteiger partial charge in [0.15, 0.2) is 6.61 Å². The second kappa shape index (κ2) is 8.07. The quantitative estimate of drug-likeness (QED) is 0.554. The number of carbonyl (C=O) groups excluding carboxylic acids is 2. The van der Waals surface area contributed by atoms with Crippen LogP contribution in [0.5, 0.6) is 5.75 Å². The number of amides is 2. The molecule has 1 atom stereocenters. The Morgan fingerprint density at radius 3 is 2.86 bits per heavy atom. The van der Waals surface area contributed by atoms with Crippen molar-refractivity contribution >= 4 is 28.7 Å². The van der Waals surface area contributed by atoms with Gasteiger partial charge in [0.25, 0.3) is 11.5 Å². The molecule has 2 amide bonds. The summed E-state index contributed by atoms with van der Waals surface area (Å²) in [6, 6.07) is 3.52. The average Bonchev–Trinajstić information content (AvgIpc) is 3.12. The summed E-state index contributed by atoms with van der Waals surface area (Å²) < 4.78 is 7.02. The van der Waals surface area contributed by atoms with E-state index in [0.717, 1.165) is 18.7 Å². The van der Waals surface area contributed by atoms with Gasteiger partial charge in [-0.15, -0.1) is 0 Å². The lowest BCUT2D eigenvalue weighted by Gasteiger charge is -2.14. The highest BCUT2D eigenvalue weighted by Crippen LogP contribution is 2.19. The molecule has 2 heterocycles. The van der Waals surface area contributed by atoms with Gasteiger partial charge in [0, 0.05) is 19.4 Å². The van der Waals surface area contributed by atoms with E-state index in [1.165, 1.54) is 6.07 Å². The average molecular weight is 388 g/mol. The smallest absolute Gasteiger partial charge is 0.326 e. The molecule has 1 aliphatic rings. The number of benzene rings is 1. The summed E-state index contributed by atoms with van der Waals surface area (Å²) in [6.45, 7) is 0.192. The Morgan fingerprint density at radius 1 is 1.36 bits per heavy atom. The van der Waals surface area contributed by atoms with Gasteiger partial charge in [-0.1, -0.05) is 0 Å². The lowest BCUT2D eigenvalue weighted by Crippen LogP contribution is -2.43. The van der Waals surface area contributed by atoms with E-state index >= 15 is 0 Å². The van der Waals surface area contributed by atoms with Crippen LogP contribution in [-0.4, -0.2) is 45.1 Å². The first kappa shape index (κ1) is 19.3. The van der Waals surface area contributed by atoms with E-state index in [-0.39, 0.29) is 18.4 Å². The van der Waals surface area contributed by atoms with Gasteiger partial charge < -0.3 is 20.9 Å². The normalized spacial score (nSPS) is 13.7. The van der Waals surface area contributed by atoms with Crippen LogP contribution in [0.25, 0.3) is 10.9 Å². The van der Waals surface area contributed by atoms with Gasteiger partial charge in [-0.2, -0.15) is 0 Å². The van der Waals surface area contributed by atoms with E-state index in [2.05, 4.69) is 10.3 Å². The molecule has 0 fully saturated rings. The van der Waals surface area contributed by atoms with Gasteiger partial charge >= 0.3 is 5.97 Å². The van der Waals surface area contributed by atoms with E-state index in [1.807, 2.05) is 0 Å². The summed E-state index contributed by atoms with van der Waals surface area (Å²) in [5.41, 5.74) is 5.41. The van der Waals surface area contributed by atoms with Crippen LogP contribution in [0.15, 0.2) is 23.0 Å². The fourth-order valence-electron chi connectivity index (χ4n) is 3.08. The third-order valence-corrected chi connectivity index (χ3v) is 4.47. The van der Waals surface area contributed by atoms with Crippen molar-refractivity contribution in [2.24, 2.45) is 5.73 Å². The Labute approximate surface area is 159 Å². The highest BCUT2D eigenvalue weighted by Gasteiger charge is 2.21. The van der Waals surface area contributed by atoms with Crippen LogP contribution in [0.2, 0.25) is 0 Å². The predicted octanol–water partition coefficient (Wildman–Crippen LogP) is -0.444. The Morgan fingerprint density at radius 2 is 2.14 bits per heavy atom. The van der Waals surface area contributed by atoms with Crippen molar-refractivity contribution in [2.75, 3.05) is 6.61 Å². The van der Waals surface area contributed by atoms with Crippen molar-refractivity contribution in [1.82, 2.24) is 14.9 Å².